The van der Waals surface area contributed by atoms with Gasteiger partial charge in [-0.1, -0.05) is 0 Å². The van der Waals surface area contributed by atoms with E-state index in [9.17, 15) is 4.79 Å². The second kappa shape index (κ2) is 6.19. The van der Waals surface area contributed by atoms with Gasteiger partial charge in [-0.05, 0) is 18.2 Å². The summed E-state index contributed by atoms with van der Waals surface area (Å²) < 4.78 is 11.8. The van der Waals surface area contributed by atoms with E-state index in [2.05, 4.69) is 15.2 Å². The lowest BCUT2D eigenvalue weighted by Crippen LogP contribution is -2.17. The van der Waals surface area contributed by atoms with Crippen molar-refractivity contribution in [2.75, 3.05) is 13.7 Å². The van der Waals surface area contributed by atoms with E-state index >= 15 is 0 Å². The summed E-state index contributed by atoms with van der Waals surface area (Å²) in [5, 5.41) is 7.36. The number of ether oxygens (including phenoxy) is 1. The van der Waals surface area contributed by atoms with Gasteiger partial charge in [0.25, 0.3) is 0 Å². The molecule has 0 saturated carbocycles. The van der Waals surface area contributed by atoms with Gasteiger partial charge in [0.15, 0.2) is 0 Å². The summed E-state index contributed by atoms with van der Waals surface area (Å²) in [7, 11) is 3.25. The highest BCUT2D eigenvalue weighted by atomic mass is 16.5. The summed E-state index contributed by atoms with van der Waals surface area (Å²) >= 11 is 0. The molecule has 2 rings (SSSR count). The highest BCUT2D eigenvalue weighted by molar-refractivity contribution is 5.86. The van der Waals surface area contributed by atoms with Gasteiger partial charge in [-0.3, -0.25) is 4.68 Å². The maximum Gasteiger partial charge on any atom is 0.373 e. The highest BCUT2D eigenvalue weighted by Crippen LogP contribution is 2.08. The number of rotatable bonds is 6. The maximum absolute atomic E-state index is 11.2. The van der Waals surface area contributed by atoms with Crippen LogP contribution < -0.4 is 5.32 Å². The molecule has 19 heavy (non-hydrogen) atoms. The Morgan fingerprint density at radius 2 is 2.32 bits per heavy atom. The van der Waals surface area contributed by atoms with Crippen molar-refractivity contribution in [3.05, 3.63) is 41.6 Å². The molecular weight excluding hydrogens is 246 g/mol. The zero-order chi connectivity index (χ0) is 13.7. The molecule has 0 unspecified atom stereocenters. The zero-order valence-corrected chi connectivity index (χ0v) is 11.0. The van der Waals surface area contributed by atoms with Crippen molar-refractivity contribution in [1.82, 2.24) is 15.1 Å². The Morgan fingerprint density at radius 1 is 1.47 bits per heavy atom. The minimum Gasteiger partial charge on any atom is -0.463 e. The Balaban J connectivity index is 1.75. The van der Waals surface area contributed by atoms with Gasteiger partial charge in [0.05, 0.1) is 13.7 Å². The number of methoxy groups -OCH3 is 1. The van der Waals surface area contributed by atoms with E-state index in [-0.39, 0.29) is 5.76 Å². The van der Waals surface area contributed by atoms with Crippen LogP contribution in [0.3, 0.4) is 0 Å². The molecule has 0 aliphatic carbocycles. The lowest BCUT2D eigenvalue weighted by Gasteiger charge is -2.03. The van der Waals surface area contributed by atoms with Crippen LogP contribution in [-0.4, -0.2) is 29.4 Å². The average Bonchev–Trinajstić information content (AvgIpc) is 3.03. The molecule has 0 saturated heterocycles. The van der Waals surface area contributed by atoms with Crippen LogP contribution in [0.15, 0.2) is 28.8 Å². The van der Waals surface area contributed by atoms with E-state index in [1.165, 1.54) is 12.8 Å². The van der Waals surface area contributed by atoms with E-state index in [0.717, 1.165) is 13.0 Å². The largest absolute Gasteiger partial charge is 0.463 e. The van der Waals surface area contributed by atoms with Crippen molar-refractivity contribution >= 4 is 5.97 Å². The van der Waals surface area contributed by atoms with Gasteiger partial charge in [-0.15, -0.1) is 0 Å². The van der Waals surface area contributed by atoms with Crippen LogP contribution in [0.4, 0.5) is 0 Å². The van der Waals surface area contributed by atoms with Crippen molar-refractivity contribution in [3.8, 4) is 0 Å². The number of furan rings is 1. The van der Waals surface area contributed by atoms with Gasteiger partial charge in [-0.25, -0.2) is 4.79 Å². The zero-order valence-electron chi connectivity index (χ0n) is 11.0. The van der Waals surface area contributed by atoms with Crippen molar-refractivity contribution in [1.29, 1.82) is 0 Å². The second-order valence-electron chi connectivity index (χ2n) is 4.13. The molecule has 0 radical (unpaired) electrons. The van der Waals surface area contributed by atoms with Crippen LogP contribution in [0.25, 0.3) is 0 Å². The first-order chi connectivity index (χ1) is 9.20. The smallest absolute Gasteiger partial charge is 0.373 e. The normalized spacial score (nSPS) is 10.6. The number of nitrogens with one attached hydrogen (secondary N) is 1. The summed E-state index contributed by atoms with van der Waals surface area (Å²) in [5.41, 5.74) is 1.17. The molecule has 0 amide bonds. The topological polar surface area (TPSA) is 69.3 Å². The summed E-state index contributed by atoms with van der Waals surface area (Å²) in [6.07, 6.45) is 2.67. The Hall–Kier alpha value is -2.08. The van der Waals surface area contributed by atoms with Crippen LogP contribution in [0, 0.1) is 0 Å². The standard InChI is InChI=1S/C13H17N3O3/c1-16-10(6-8-15-16)5-7-14-9-11-3-4-12(19-11)13(17)18-2/h3-4,6,8,14H,5,7,9H2,1-2H3. The molecular formula is C13H17N3O3. The number of nitrogens with zero attached hydrogens (tertiary/aromatic N) is 2. The Labute approximate surface area is 111 Å². The monoisotopic (exact) mass is 263 g/mol. The fourth-order valence-electron chi connectivity index (χ4n) is 1.76. The van der Waals surface area contributed by atoms with E-state index in [0.29, 0.717) is 12.3 Å². The molecule has 2 aromatic heterocycles. The Bertz CT molecular complexity index is 545. The number of carbonyl (C=O) groups excluding carboxylic acids is 1. The summed E-state index contributed by atoms with van der Waals surface area (Å²) in [4.78, 5) is 11.2. The molecule has 0 aromatic carbocycles. The molecule has 0 aliphatic heterocycles. The van der Waals surface area contributed by atoms with Gasteiger partial charge in [0.1, 0.15) is 5.76 Å². The predicted molar refractivity (Wildman–Crippen MR) is 68.7 cm³/mol. The number of carbonyl (C=O) groups is 1. The third-order valence-corrected chi connectivity index (χ3v) is 2.83. The van der Waals surface area contributed by atoms with Crippen molar-refractivity contribution < 1.29 is 13.9 Å². The maximum atomic E-state index is 11.2. The fraction of sp³-hybridized carbons (Fsp3) is 0.385. The van der Waals surface area contributed by atoms with Crippen molar-refractivity contribution in [2.45, 2.75) is 13.0 Å². The molecule has 2 heterocycles. The van der Waals surface area contributed by atoms with Gasteiger partial charge < -0.3 is 14.5 Å². The first-order valence-corrected chi connectivity index (χ1v) is 6.05. The van der Waals surface area contributed by atoms with Crippen LogP contribution in [-0.2, 0) is 24.8 Å². The van der Waals surface area contributed by atoms with Gasteiger partial charge in [0.2, 0.25) is 5.76 Å². The molecule has 0 spiro atoms. The quantitative estimate of drug-likeness (QED) is 0.625. The fourth-order valence-corrected chi connectivity index (χ4v) is 1.76. The summed E-state index contributed by atoms with van der Waals surface area (Å²) in [6.45, 7) is 1.39. The molecule has 0 fully saturated rings. The number of hydrogen-bond acceptors (Lipinski definition) is 5. The van der Waals surface area contributed by atoms with E-state index in [1.54, 1.807) is 18.3 Å². The lowest BCUT2D eigenvalue weighted by molar-refractivity contribution is 0.0563. The Morgan fingerprint density at radius 3 is 3.00 bits per heavy atom. The minimum atomic E-state index is -0.457. The van der Waals surface area contributed by atoms with Crippen LogP contribution in [0.1, 0.15) is 22.0 Å². The van der Waals surface area contributed by atoms with Crippen LogP contribution in [0.5, 0.6) is 0 Å². The van der Waals surface area contributed by atoms with Crippen molar-refractivity contribution in [2.24, 2.45) is 7.05 Å². The first-order valence-electron chi connectivity index (χ1n) is 6.05. The molecule has 6 nitrogen and oxygen atoms in total. The molecule has 6 heteroatoms. The molecule has 0 atom stereocenters. The predicted octanol–water partition coefficient (Wildman–Crippen LogP) is 1.13. The first kappa shape index (κ1) is 13.4. The average molecular weight is 263 g/mol. The molecule has 1 N–H and O–H groups in total. The number of hydrogen-bond donors (Lipinski definition) is 1. The van der Waals surface area contributed by atoms with Crippen LogP contribution >= 0.6 is 0 Å². The van der Waals surface area contributed by atoms with Gasteiger partial charge >= 0.3 is 5.97 Å². The van der Waals surface area contributed by atoms with Gasteiger partial charge in [-0.2, -0.15) is 5.10 Å². The van der Waals surface area contributed by atoms with Crippen molar-refractivity contribution in [3.63, 3.8) is 0 Å². The summed E-state index contributed by atoms with van der Waals surface area (Å²) in [6, 6.07) is 5.37. The lowest BCUT2D eigenvalue weighted by atomic mass is 10.3. The molecule has 0 bridgehead atoms. The third-order valence-electron chi connectivity index (χ3n) is 2.83. The van der Waals surface area contributed by atoms with E-state index in [4.69, 9.17) is 4.42 Å². The number of esters is 1. The molecule has 2 aromatic rings. The minimum absolute atomic E-state index is 0.228. The number of aromatic nitrogens is 2. The third kappa shape index (κ3) is 3.45. The van der Waals surface area contributed by atoms with E-state index < -0.39 is 5.97 Å². The van der Waals surface area contributed by atoms with Crippen LogP contribution in [0.2, 0.25) is 0 Å². The SMILES string of the molecule is COC(=O)c1ccc(CNCCc2ccnn2C)o1. The van der Waals surface area contributed by atoms with Gasteiger partial charge in [0, 0.05) is 31.9 Å². The van der Waals surface area contributed by atoms with E-state index in [1.807, 2.05) is 17.8 Å². The highest BCUT2D eigenvalue weighted by Gasteiger charge is 2.10. The molecule has 0 aliphatic rings. The summed E-state index contributed by atoms with van der Waals surface area (Å²) in [5.74, 6) is 0.484. The Kier molecular flexibility index (Phi) is 4.35. The second-order valence-corrected chi connectivity index (χ2v) is 4.13. The molecule has 102 valence electrons. The number of aryl methyl sites for hydroxylation is 1.